The number of aromatic nitrogens is 12. The fraction of sp³-hybridized carbons (Fsp3) is 0.0769. The molecule has 0 amide bonds. The number of imidazole rings is 4. The summed E-state index contributed by atoms with van der Waals surface area (Å²) in [5, 5.41) is 21.6. The molecule has 0 aliphatic heterocycles. The van der Waals surface area contributed by atoms with Gasteiger partial charge in [-0.1, -0.05) is 0 Å². The summed E-state index contributed by atoms with van der Waals surface area (Å²) in [7, 11) is 6.28. The predicted molar refractivity (Wildman–Crippen MR) is 284 cm³/mol. The van der Waals surface area contributed by atoms with Crippen molar-refractivity contribution in [3.8, 4) is 46.3 Å². The quantitative estimate of drug-likeness (QED) is 0.0735. The third-order valence-electron chi connectivity index (χ3n) is 11.5. The lowest BCUT2D eigenvalue weighted by molar-refractivity contribution is -0.384. The van der Waals surface area contributed by atoms with Crippen LogP contribution in [0.2, 0.25) is 0 Å². The molecule has 0 spiro atoms. The molecule has 12 aromatic rings. The Balaban J connectivity index is 0.000000124. The average molecular weight is 1020 g/mol. The number of ether oxygens (including phenoxy) is 4. The second-order valence-corrected chi connectivity index (χ2v) is 16.0. The Kier molecular flexibility index (Phi) is 14.6. The van der Waals surface area contributed by atoms with Crippen molar-refractivity contribution in [3.63, 3.8) is 0 Å². The lowest BCUT2D eigenvalue weighted by atomic mass is 10.2. The van der Waals surface area contributed by atoms with Gasteiger partial charge in [-0.2, -0.15) is 0 Å². The minimum absolute atomic E-state index is 0.0237. The van der Waals surface area contributed by atoms with Crippen LogP contribution in [-0.2, 0) is 0 Å². The van der Waals surface area contributed by atoms with E-state index in [1.54, 1.807) is 100 Å². The van der Waals surface area contributed by atoms with Crippen molar-refractivity contribution in [3.05, 3.63) is 192 Å². The van der Waals surface area contributed by atoms with E-state index in [1.807, 2.05) is 86.5 Å². The Morgan fingerprint density at radius 1 is 0.368 bits per heavy atom. The monoisotopic (exact) mass is 1020 g/mol. The molecular formula is C52H44N16O8. The molecule has 0 radical (unpaired) electrons. The van der Waals surface area contributed by atoms with Crippen molar-refractivity contribution in [2.75, 3.05) is 39.9 Å². The molecule has 24 nitrogen and oxygen atoms in total. The first-order valence-electron chi connectivity index (χ1n) is 22.6. The SMILES string of the molecule is COc1ccc(-n2cnc3cc(N)ccc32)cn1.COc1ccc(-n2cnc3cc([N+](=O)[O-])ccc32)cn1.COc1ccc(-n2cnc3ccc(N)cc32)cn1.COc1ccc(-n2cnc3ccc([N+](=O)[O-])cc32)cn1. The van der Waals surface area contributed by atoms with Crippen LogP contribution in [0.3, 0.4) is 0 Å². The zero-order valence-electron chi connectivity index (χ0n) is 40.8. The molecule has 380 valence electrons. The van der Waals surface area contributed by atoms with Crippen LogP contribution in [0, 0.1) is 20.2 Å². The van der Waals surface area contributed by atoms with Crippen LogP contribution >= 0.6 is 0 Å². The number of nitrogens with zero attached hydrogens (tertiary/aromatic N) is 14. The standard InChI is InChI=1S/2C13H10N4O3.2C13H12N4O/c1-20-13-5-3-10(7-14-13)16-8-15-11-6-9(17(18)19)2-4-12(11)16;1-20-13-5-3-10(7-14-13)16-8-15-11-4-2-9(17(18)19)6-12(11)16;1-18-13-5-3-10(7-15-13)17-8-16-11-6-9(14)2-4-12(11)17;1-18-13-5-3-10(7-15-13)17-8-16-11-4-2-9(14)6-12(11)17/h2*2-8H,1H3;2*2-8H,14H2,1H3. The van der Waals surface area contributed by atoms with Gasteiger partial charge in [0.1, 0.15) is 25.3 Å². The lowest BCUT2D eigenvalue weighted by Gasteiger charge is -2.05. The number of non-ortho nitro benzene ring substituents is 2. The molecule has 0 saturated heterocycles. The predicted octanol–water partition coefficient (Wildman–Crippen LogP) is 8.70. The van der Waals surface area contributed by atoms with E-state index in [9.17, 15) is 20.2 Å². The highest BCUT2D eigenvalue weighted by Crippen LogP contribution is 2.26. The maximum absolute atomic E-state index is 10.8. The van der Waals surface area contributed by atoms with Gasteiger partial charge in [0.25, 0.3) is 11.4 Å². The van der Waals surface area contributed by atoms with Crippen molar-refractivity contribution >= 4 is 66.9 Å². The van der Waals surface area contributed by atoms with Crippen LogP contribution < -0.4 is 30.4 Å². The number of anilines is 2. The van der Waals surface area contributed by atoms with E-state index in [4.69, 9.17) is 30.4 Å². The molecule has 0 bridgehead atoms. The lowest BCUT2D eigenvalue weighted by Crippen LogP contribution is -1.95. The van der Waals surface area contributed by atoms with Gasteiger partial charge in [0.05, 0.1) is 130 Å². The third kappa shape index (κ3) is 10.9. The van der Waals surface area contributed by atoms with Gasteiger partial charge in [0, 0.05) is 59.9 Å². The molecule has 24 heteroatoms. The van der Waals surface area contributed by atoms with Crippen molar-refractivity contribution < 1.29 is 28.8 Å². The van der Waals surface area contributed by atoms with Gasteiger partial charge in [0.2, 0.25) is 23.5 Å². The fourth-order valence-corrected chi connectivity index (χ4v) is 7.64. The zero-order chi connectivity index (χ0) is 53.3. The third-order valence-corrected chi connectivity index (χ3v) is 11.5. The van der Waals surface area contributed by atoms with Crippen LogP contribution in [-0.4, -0.2) is 96.4 Å². The van der Waals surface area contributed by atoms with Gasteiger partial charge in [0.15, 0.2) is 0 Å². The highest BCUT2D eigenvalue weighted by molar-refractivity contribution is 5.83. The van der Waals surface area contributed by atoms with Crippen LogP contribution in [0.15, 0.2) is 171 Å². The molecule has 12 rings (SSSR count). The van der Waals surface area contributed by atoms with Crippen LogP contribution in [0.5, 0.6) is 23.5 Å². The van der Waals surface area contributed by atoms with E-state index < -0.39 is 9.85 Å². The summed E-state index contributed by atoms with van der Waals surface area (Å²) in [5.41, 5.74) is 22.8. The highest BCUT2D eigenvalue weighted by atomic mass is 16.6. The molecule has 0 atom stereocenters. The molecule has 8 heterocycles. The largest absolute Gasteiger partial charge is 0.481 e. The van der Waals surface area contributed by atoms with E-state index in [0.29, 0.717) is 51.4 Å². The Hall–Kier alpha value is -11.0. The zero-order valence-corrected chi connectivity index (χ0v) is 40.8. The van der Waals surface area contributed by atoms with Crippen molar-refractivity contribution in [1.29, 1.82) is 0 Å². The number of benzene rings is 4. The van der Waals surface area contributed by atoms with Gasteiger partial charge >= 0.3 is 0 Å². The van der Waals surface area contributed by atoms with E-state index in [0.717, 1.165) is 50.3 Å². The molecule has 76 heavy (non-hydrogen) atoms. The number of pyridine rings is 4. The molecular weight excluding hydrogens is 977 g/mol. The molecule has 4 aromatic carbocycles. The van der Waals surface area contributed by atoms with Crippen molar-refractivity contribution in [2.45, 2.75) is 0 Å². The second-order valence-electron chi connectivity index (χ2n) is 16.0. The topological polar surface area (TPSA) is 298 Å². The number of nitrogens with two attached hydrogens (primary N) is 2. The number of nitro groups is 2. The number of rotatable bonds is 10. The van der Waals surface area contributed by atoms with Gasteiger partial charge in [-0.3, -0.25) is 38.5 Å². The second kappa shape index (κ2) is 22.2. The molecule has 0 fully saturated rings. The number of nitrogen functional groups attached to an aromatic ring is 2. The summed E-state index contributed by atoms with van der Waals surface area (Å²) in [6.07, 6.45) is 13.5. The van der Waals surface area contributed by atoms with Crippen molar-refractivity contribution in [1.82, 2.24) is 58.1 Å². The van der Waals surface area contributed by atoms with E-state index >= 15 is 0 Å². The number of methoxy groups -OCH3 is 4. The summed E-state index contributed by atoms with van der Waals surface area (Å²) in [5.74, 6) is 2.20. The number of hydrogen-bond acceptors (Lipinski definition) is 18. The Labute approximate surface area is 430 Å². The van der Waals surface area contributed by atoms with Crippen LogP contribution in [0.25, 0.3) is 66.9 Å². The van der Waals surface area contributed by atoms with Crippen molar-refractivity contribution in [2.24, 2.45) is 0 Å². The van der Waals surface area contributed by atoms with E-state index in [-0.39, 0.29) is 11.4 Å². The molecule has 0 aliphatic carbocycles. The summed E-state index contributed by atoms with van der Waals surface area (Å²) in [6, 6.07) is 35.0. The summed E-state index contributed by atoms with van der Waals surface area (Å²) < 4.78 is 27.5. The maximum Gasteiger partial charge on any atom is 0.271 e. The first kappa shape index (κ1) is 49.9. The Bertz CT molecular complexity index is 3970. The molecule has 4 N–H and O–H groups in total. The molecule has 0 saturated carbocycles. The highest BCUT2D eigenvalue weighted by Gasteiger charge is 2.14. The first-order chi connectivity index (χ1) is 36.9. The minimum atomic E-state index is -0.437. The molecule has 0 unspecified atom stereocenters. The summed E-state index contributed by atoms with van der Waals surface area (Å²) in [6.45, 7) is 0. The average Bonchev–Trinajstić information content (AvgIpc) is 4.29. The van der Waals surface area contributed by atoms with Gasteiger partial charge < -0.3 is 30.4 Å². The Morgan fingerprint density at radius 2 is 0.697 bits per heavy atom. The van der Waals surface area contributed by atoms with E-state index in [1.165, 1.54) is 31.4 Å². The Morgan fingerprint density at radius 3 is 1.11 bits per heavy atom. The number of fused-ring (bicyclic) bond motifs is 4. The molecule has 0 aliphatic rings. The molecule has 8 aromatic heterocycles. The minimum Gasteiger partial charge on any atom is -0.481 e. The van der Waals surface area contributed by atoms with Gasteiger partial charge in [-0.15, -0.1) is 0 Å². The smallest absolute Gasteiger partial charge is 0.271 e. The summed E-state index contributed by atoms with van der Waals surface area (Å²) >= 11 is 0. The first-order valence-corrected chi connectivity index (χ1v) is 22.6. The number of nitro benzene ring substituents is 2. The number of hydrogen-bond donors (Lipinski definition) is 2. The normalized spacial score (nSPS) is 10.7. The van der Waals surface area contributed by atoms with Crippen LogP contribution in [0.1, 0.15) is 0 Å². The fourth-order valence-electron chi connectivity index (χ4n) is 7.64. The van der Waals surface area contributed by atoms with E-state index in [2.05, 4.69) is 39.9 Å². The summed E-state index contributed by atoms with van der Waals surface area (Å²) in [4.78, 5) is 54.4. The van der Waals surface area contributed by atoms with Crippen LogP contribution in [0.4, 0.5) is 22.7 Å². The van der Waals surface area contributed by atoms with Gasteiger partial charge in [-0.25, -0.2) is 39.9 Å². The maximum atomic E-state index is 10.8. The van der Waals surface area contributed by atoms with Gasteiger partial charge in [-0.05, 0) is 72.8 Å².